The van der Waals surface area contributed by atoms with Crippen LogP contribution in [0.4, 0.5) is 5.69 Å². The molecule has 2 rings (SSSR count). The highest BCUT2D eigenvalue weighted by Gasteiger charge is 2.29. The van der Waals surface area contributed by atoms with Crippen molar-refractivity contribution in [1.82, 2.24) is 5.32 Å². The Bertz CT molecular complexity index is 422. The van der Waals surface area contributed by atoms with Crippen molar-refractivity contribution in [3.63, 3.8) is 0 Å². The number of anilines is 1. The fraction of sp³-hybridized carbons (Fsp3) is 0.385. The molecule has 4 heteroatoms. The molecule has 0 aromatic heterocycles. The van der Waals surface area contributed by atoms with Crippen LogP contribution in [-0.2, 0) is 16.0 Å². The molecule has 2 N–H and O–H groups in total. The van der Waals surface area contributed by atoms with Crippen LogP contribution in [0.1, 0.15) is 18.4 Å². The summed E-state index contributed by atoms with van der Waals surface area (Å²) in [6.45, 7) is 0. The molecule has 1 aliphatic carbocycles. The summed E-state index contributed by atoms with van der Waals surface area (Å²) in [7, 11) is 1.62. The predicted molar refractivity (Wildman–Crippen MR) is 65.6 cm³/mol. The van der Waals surface area contributed by atoms with Crippen molar-refractivity contribution in [3.05, 3.63) is 29.8 Å². The van der Waals surface area contributed by atoms with Crippen LogP contribution in [0.15, 0.2) is 24.3 Å². The second-order valence-corrected chi connectivity index (χ2v) is 4.31. The van der Waals surface area contributed by atoms with Gasteiger partial charge in [0.15, 0.2) is 0 Å². The van der Waals surface area contributed by atoms with Crippen molar-refractivity contribution in [2.24, 2.45) is 5.92 Å². The van der Waals surface area contributed by atoms with Crippen LogP contribution >= 0.6 is 0 Å². The quantitative estimate of drug-likeness (QED) is 0.822. The fourth-order valence-electron chi connectivity index (χ4n) is 1.57. The van der Waals surface area contributed by atoms with Gasteiger partial charge in [-0.1, -0.05) is 12.1 Å². The van der Waals surface area contributed by atoms with Gasteiger partial charge < -0.3 is 10.6 Å². The zero-order valence-corrected chi connectivity index (χ0v) is 9.82. The summed E-state index contributed by atoms with van der Waals surface area (Å²) in [4.78, 5) is 22.7. The number of hydrogen-bond acceptors (Lipinski definition) is 2. The SMILES string of the molecule is CNC(=O)Cc1ccc(NC(=O)C2CC2)cc1. The van der Waals surface area contributed by atoms with E-state index in [0.717, 1.165) is 24.1 Å². The predicted octanol–water partition coefficient (Wildman–Crippen LogP) is 1.32. The van der Waals surface area contributed by atoms with Crippen molar-refractivity contribution in [2.75, 3.05) is 12.4 Å². The number of carbonyl (C=O) groups excluding carboxylic acids is 2. The molecule has 1 fully saturated rings. The maximum Gasteiger partial charge on any atom is 0.227 e. The fourth-order valence-corrected chi connectivity index (χ4v) is 1.57. The van der Waals surface area contributed by atoms with Gasteiger partial charge in [-0.15, -0.1) is 0 Å². The highest BCUT2D eigenvalue weighted by Crippen LogP contribution is 2.30. The molecule has 1 saturated carbocycles. The Morgan fingerprint density at radius 3 is 2.41 bits per heavy atom. The third-order valence-corrected chi connectivity index (χ3v) is 2.81. The Balaban J connectivity index is 1.92. The van der Waals surface area contributed by atoms with Gasteiger partial charge in [-0.05, 0) is 30.5 Å². The van der Waals surface area contributed by atoms with E-state index in [1.807, 2.05) is 24.3 Å². The van der Waals surface area contributed by atoms with Crippen LogP contribution < -0.4 is 10.6 Å². The van der Waals surface area contributed by atoms with E-state index < -0.39 is 0 Å². The Labute approximate surface area is 100 Å². The second kappa shape index (κ2) is 4.99. The minimum absolute atomic E-state index is 0.0141. The molecule has 0 spiro atoms. The zero-order valence-electron chi connectivity index (χ0n) is 9.82. The average molecular weight is 232 g/mol. The van der Waals surface area contributed by atoms with Gasteiger partial charge in [0.1, 0.15) is 0 Å². The molecule has 90 valence electrons. The van der Waals surface area contributed by atoms with Gasteiger partial charge in [0.2, 0.25) is 11.8 Å². The highest BCUT2D eigenvalue weighted by molar-refractivity contribution is 5.94. The van der Waals surface area contributed by atoms with Crippen LogP contribution in [0.3, 0.4) is 0 Å². The second-order valence-electron chi connectivity index (χ2n) is 4.31. The molecule has 0 radical (unpaired) electrons. The Morgan fingerprint density at radius 2 is 1.88 bits per heavy atom. The topological polar surface area (TPSA) is 58.2 Å². The lowest BCUT2D eigenvalue weighted by Crippen LogP contribution is -2.19. The van der Waals surface area contributed by atoms with Crippen molar-refractivity contribution < 1.29 is 9.59 Å². The lowest BCUT2D eigenvalue weighted by Gasteiger charge is -2.05. The molecule has 0 heterocycles. The largest absolute Gasteiger partial charge is 0.359 e. The van der Waals surface area contributed by atoms with Crippen molar-refractivity contribution in [2.45, 2.75) is 19.3 Å². The Kier molecular flexibility index (Phi) is 3.42. The minimum Gasteiger partial charge on any atom is -0.359 e. The first-order chi connectivity index (χ1) is 8.19. The van der Waals surface area contributed by atoms with Crippen LogP contribution in [0.25, 0.3) is 0 Å². The number of likely N-dealkylation sites (N-methyl/N-ethyl adjacent to an activating group) is 1. The van der Waals surface area contributed by atoms with Gasteiger partial charge in [0.05, 0.1) is 6.42 Å². The molecule has 1 aromatic rings. The molecule has 0 saturated heterocycles. The van der Waals surface area contributed by atoms with Gasteiger partial charge in [-0.25, -0.2) is 0 Å². The molecule has 17 heavy (non-hydrogen) atoms. The summed E-state index contributed by atoms with van der Waals surface area (Å²) in [6.07, 6.45) is 2.37. The Hall–Kier alpha value is -1.84. The van der Waals surface area contributed by atoms with Crippen LogP contribution in [0.2, 0.25) is 0 Å². The van der Waals surface area contributed by atoms with Crippen molar-refractivity contribution in [1.29, 1.82) is 0 Å². The van der Waals surface area contributed by atoms with Crippen LogP contribution in [0, 0.1) is 5.92 Å². The molecular weight excluding hydrogens is 216 g/mol. The van der Waals surface area contributed by atoms with E-state index in [1.54, 1.807) is 7.05 Å². The summed E-state index contributed by atoms with van der Waals surface area (Å²) in [6, 6.07) is 7.38. The van der Waals surface area contributed by atoms with Crippen LogP contribution in [-0.4, -0.2) is 18.9 Å². The van der Waals surface area contributed by atoms with Gasteiger partial charge >= 0.3 is 0 Å². The molecule has 1 aromatic carbocycles. The van der Waals surface area contributed by atoms with E-state index >= 15 is 0 Å². The number of hydrogen-bond donors (Lipinski definition) is 2. The third kappa shape index (κ3) is 3.31. The van der Waals surface area contributed by atoms with Crippen LogP contribution in [0.5, 0.6) is 0 Å². The lowest BCUT2D eigenvalue weighted by atomic mass is 10.1. The monoisotopic (exact) mass is 232 g/mol. The summed E-state index contributed by atoms with van der Waals surface area (Å²) in [5, 5.41) is 5.43. The smallest absolute Gasteiger partial charge is 0.227 e. The maximum absolute atomic E-state index is 11.5. The summed E-state index contributed by atoms with van der Waals surface area (Å²) in [5.41, 5.74) is 1.73. The minimum atomic E-state index is -0.0141. The van der Waals surface area contributed by atoms with E-state index in [1.165, 1.54) is 0 Å². The van der Waals surface area contributed by atoms with Crippen molar-refractivity contribution in [3.8, 4) is 0 Å². The summed E-state index contributed by atoms with van der Waals surface area (Å²) < 4.78 is 0. The van der Waals surface area contributed by atoms with Gasteiger partial charge in [0, 0.05) is 18.7 Å². The first-order valence-corrected chi connectivity index (χ1v) is 5.79. The van der Waals surface area contributed by atoms with Gasteiger partial charge in [0.25, 0.3) is 0 Å². The van der Waals surface area contributed by atoms with Gasteiger partial charge in [-0.2, -0.15) is 0 Å². The number of carbonyl (C=O) groups is 2. The number of rotatable bonds is 4. The normalized spacial score (nSPS) is 14.2. The zero-order chi connectivity index (χ0) is 12.3. The third-order valence-electron chi connectivity index (χ3n) is 2.81. The lowest BCUT2D eigenvalue weighted by molar-refractivity contribution is -0.120. The summed E-state index contributed by atoms with van der Waals surface area (Å²) >= 11 is 0. The van der Waals surface area contributed by atoms with Gasteiger partial charge in [-0.3, -0.25) is 9.59 Å². The van der Waals surface area contributed by atoms with Crippen molar-refractivity contribution >= 4 is 17.5 Å². The molecule has 0 atom stereocenters. The maximum atomic E-state index is 11.5. The first kappa shape index (κ1) is 11.6. The number of benzene rings is 1. The first-order valence-electron chi connectivity index (χ1n) is 5.79. The highest BCUT2D eigenvalue weighted by atomic mass is 16.2. The Morgan fingerprint density at radius 1 is 1.24 bits per heavy atom. The molecule has 4 nitrogen and oxygen atoms in total. The van der Waals surface area contributed by atoms with E-state index in [9.17, 15) is 9.59 Å². The summed E-state index contributed by atoms with van der Waals surface area (Å²) in [5.74, 6) is 0.296. The molecular formula is C13H16N2O2. The van der Waals surface area contributed by atoms with E-state index in [2.05, 4.69) is 10.6 Å². The molecule has 0 bridgehead atoms. The molecule has 0 unspecified atom stereocenters. The van der Waals surface area contributed by atoms with E-state index in [-0.39, 0.29) is 17.7 Å². The average Bonchev–Trinajstić information content (AvgIpc) is 3.15. The molecule has 0 aliphatic heterocycles. The molecule has 2 amide bonds. The standard InChI is InChI=1S/C13H16N2O2/c1-14-12(16)8-9-2-6-11(7-3-9)15-13(17)10-4-5-10/h2-3,6-7,10H,4-5,8H2,1H3,(H,14,16)(H,15,17). The van der Waals surface area contributed by atoms with E-state index in [4.69, 9.17) is 0 Å². The van der Waals surface area contributed by atoms with E-state index in [0.29, 0.717) is 6.42 Å². The number of nitrogens with one attached hydrogen (secondary N) is 2. The number of amides is 2. The molecule has 1 aliphatic rings.